The van der Waals surface area contributed by atoms with E-state index in [1.54, 1.807) is 30.3 Å². The standard InChI is InChI=1S/C16H12ClNO/c1-11-6-2-3-7-12(11)14(10-18)16(19)13-8-4-5-9-15(13)17/h2-9,14H,1H3. The summed E-state index contributed by atoms with van der Waals surface area (Å²) in [5, 5.41) is 9.69. The molecule has 0 aliphatic heterocycles. The van der Waals surface area contributed by atoms with Gasteiger partial charge in [0.15, 0.2) is 5.78 Å². The van der Waals surface area contributed by atoms with Gasteiger partial charge in [-0.2, -0.15) is 5.26 Å². The number of ketones is 1. The largest absolute Gasteiger partial charge is 0.292 e. The molecule has 0 bridgehead atoms. The van der Waals surface area contributed by atoms with Crippen molar-refractivity contribution in [1.82, 2.24) is 0 Å². The molecule has 1 unspecified atom stereocenters. The van der Waals surface area contributed by atoms with Crippen LogP contribution in [0.25, 0.3) is 0 Å². The number of nitrogens with zero attached hydrogens (tertiary/aromatic N) is 1. The minimum atomic E-state index is -0.818. The maximum atomic E-state index is 12.4. The molecule has 2 rings (SSSR count). The van der Waals surface area contributed by atoms with Gasteiger partial charge in [0.05, 0.1) is 11.1 Å². The van der Waals surface area contributed by atoms with E-state index in [1.165, 1.54) is 0 Å². The fourth-order valence-corrected chi connectivity index (χ4v) is 2.23. The lowest BCUT2D eigenvalue weighted by atomic mass is 9.89. The molecule has 0 aromatic heterocycles. The van der Waals surface area contributed by atoms with E-state index in [0.29, 0.717) is 10.6 Å². The van der Waals surface area contributed by atoms with Crippen LogP contribution < -0.4 is 0 Å². The maximum absolute atomic E-state index is 12.4. The number of benzene rings is 2. The zero-order valence-electron chi connectivity index (χ0n) is 10.4. The Labute approximate surface area is 117 Å². The van der Waals surface area contributed by atoms with Crippen molar-refractivity contribution in [3.05, 3.63) is 70.2 Å². The molecule has 94 valence electrons. The average Bonchev–Trinajstić information content (AvgIpc) is 2.42. The summed E-state index contributed by atoms with van der Waals surface area (Å²) in [6, 6.07) is 16.3. The topological polar surface area (TPSA) is 40.9 Å². The third-order valence-corrected chi connectivity index (χ3v) is 3.36. The third-order valence-electron chi connectivity index (χ3n) is 3.03. The van der Waals surface area contributed by atoms with Gasteiger partial charge < -0.3 is 0 Å². The summed E-state index contributed by atoms with van der Waals surface area (Å²) >= 11 is 6.02. The molecule has 0 spiro atoms. The number of Topliss-reactive ketones (excluding diaryl/α,β-unsaturated/α-hetero) is 1. The molecule has 0 saturated heterocycles. The number of carbonyl (C=O) groups excluding carboxylic acids is 1. The Morgan fingerprint density at radius 1 is 1.16 bits per heavy atom. The van der Waals surface area contributed by atoms with Crippen molar-refractivity contribution < 1.29 is 4.79 Å². The number of hydrogen-bond acceptors (Lipinski definition) is 2. The molecule has 1 atom stereocenters. The monoisotopic (exact) mass is 269 g/mol. The van der Waals surface area contributed by atoms with Crippen molar-refractivity contribution in [3.63, 3.8) is 0 Å². The Bertz CT molecular complexity index is 658. The first kappa shape index (κ1) is 13.3. The van der Waals surface area contributed by atoms with E-state index in [0.717, 1.165) is 11.1 Å². The van der Waals surface area contributed by atoms with E-state index in [4.69, 9.17) is 11.6 Å². The van der Waals surface area contributed by atoms with E-state index >= 15 is 0 Å². The summed E-state index contributed by atoms with van der Waals surface area (Å²) in [6.45, 7) is 1.89. The van der Waals surface area contributed by atoms with E-state index in [9.17, 15) is 10.1 Å². The van der Waals surface area contributed by atoms with Gasteiger partial charge in [0, 0.05) is 5.56 Å². The van der Waals surface area contributed by atoms with Crippen LogP contribution in [0.2, 0.25) is 5.02 Å². The van der Waals surface area contributed by atoms with Gasteiger partial charge in [-0.05, 0) is 30.2 Å². The van der Waals surface area contributed by atoms with Gasteiger partial charge in [-0.25, -0.2) is 0 Å². The highest BCUT2D eigenvalue weighted by atomic mass is 35.5. The Morgan fingerprint density at radius 3 is 2.42 bits per heavy atom. The van der Waals surface area contributed by atoms with Crippen LogP contribution in [0.3, 0.4) is 0 Å². The summed E-state index contributed by atoms with van der Waals surface area (Å²) < 4.78 is 0. The van der Waals surface area contributed by atoms with E-state index in [2.05, 4.69) is 6.07 Å². The normalized spacial score (nSPS) is 11.6. The minimum absolute atomic E-state index is 0.262. The fourth-order valence-electron chi connectivity index (χ4n) is 2.00. The second-order valence-corrected chi connectivity index (χ2v) is 4.67. The predicted octanol–water partition coefficient (Wildman–Crippen LogP) is 4.14. The van der Waals surface area contributed by atoms with Crippen LogP contribution in [0.1, 0.15) is 27.4 Å². The smallest absolute Gasteiger partial charge is 0.185 e. The van der Waals surface area contributed by atoms with Crippen LogP contribution in [-0.4, -0.2) is 5.78 Å². The second-order valence-electron chi connectivity index (χ2n) is 4.26. The van der Waals surface area contributed by atoms with Gasteiger partial charge in [-0.15, -0.1) is 0 Å². The summed E-state index contributed by atoms with van der Waals surface area (Å²) in [4.78, 5) is 12.4. The van der Waals surface area contributed by atoms with Gasteiger partial charge in [0.25, 0.3) is 0 Å². The Balaban J connectivity index is 2.45. The molecule has 0 amide bonds. The quantitative estimate of drug-likeness (QED) is 0.786. The minimum Gasteiger partial charge on any atom is -0.292 e. The molecule has 0 fully saturated rings. The Hall–Kier alpha value is -2.11. The highest BCUT2D eigenvalue weighted by molar-refractivity contribution is 6.34. The first-order valence-corrected chi connectivity index (χ1v) is 6.27. The molecule has 2 aromatic carbocycles. The van der Waals surface area contributed by atoms with Crippen LogP contribution in [0, 0.1) is 18.3 Å². The van der Waals surface area contributed by atoms with Crippen molar-refractivity contribution in [2.45, 2.75) is 12.8 Å². The number of rotatable bonds is 3. The molecule has 2 aromatic rings. The molecule has 0 heterocycles. The van der Waals surface area contributed by atoms with E-state index < -0.39 is 5.92 Å². The van der Waals surface area contributed by atoms with E-state index in [-0.39, 0.29) is 5.78 Å². The van der Waals surface area contributed by atoms with Crippen molar-refractivity contribution in [2.75, 3.05) is 0 Å². The highest BCUT2D eigenvalue weighted by Gasteiger charge is 2.24. The predicted molar refractivity (Wildman–Crippen MR) is 75.3 cm³/mol. The second kappa shape index (κ2) is 5.69. The van der Waals surface area contributed by atoms with Gasteiger partial charge in [-0.3, -0.25) is 4.79 Å². The first-order chi connectivity index (χ1) is 9.15. The van der Waals surface area contributed by atoms with Crippen molar-refractivity contribution in [3.8, 4) is 6.07 Å². The van der Waals surface area contributed by atoms with Gasteiger partial charge in [-0.1, -0.05) is 48.0 Å². The van der Waals surface area contributed by atoms with Gasteiger partial charge >= 0.3 is 0 Å². The van der Waals surface area contributed by atoms with Crippen molar-refractivity contribution >= 4 is 17.4 Å². The molecule has 0 N–H and O–H groups in total. The number of hydrogen-bond donors (Lipinski definition) is 0. The fraction of sp³-hybridized carbons (Fsp3) is 0.125. The van der Waals surface area contributed by atoms with E-state index in [1.807, 2.05) is 25.1 Å². The van der Waals surface area contributed by atoms with Gasteiger partial charge in [0.1, 0.15) is 5.92 Å². The lowest BCUT2D eigenvalue weighted by Gasteiger charge is -2.12. The number of halogens is 1. The van der Waals surface area contributed by atoms with Crippen LogP contribution in [-0.2, 0) is 0 Å². The lowest BCUT2D eigenvalue weighted by Crippen LogP contribution is -2.12. The molecular weight excluding hydrogens is 258 g/mol. The molecule has 0 aliphatic rings. The Kier molecular flexibility index (Phi) is 3.99. The van der Waals surface area contributed by atoms with Crippen LogP contribution >= 0.6 is 11.6 Å². The summed E-state index contributed by atoms with van der Waals surface area (Å²) in [7, 11) is 0. The lowest BCUT2D eigenvalue weighted by molar-refractivity contribution is 0.0979. The highest BCUT2D eigenvalue weighted by Crippen LogP contribution is 2.26. The Morgan fingerprint density at radius 2 is 1.79 bits per heavy atom. The molecule has 3 heteroatoms. The summed E-state index contributed by atoms with van der Waals surface area (Å²) in [6.07, 6.45) is 0. The molecule has 0 saturated carbocycles. The maximum Gasteiger partial charge on any atom is 0.185 e. The zero-order valence-corrected chi connectivity index (χ0v) is 11.2. The van der Waals surface area contributed by atoms with Crippen molar-refractivity contribution in [2.24, 2.45) is 0 Å². The van der Waals surface area contributed by atoms with Gasteiger partial charge in [0.2, 0.25) is 0 Å². The van der Waals surface area contributed by atoms with Crippen LogP contribution in [0.5, 0.6) is 0 Å². The summed E-state index contributed by atoms with van der Waals surface area (Å²) in [5.74, 6) is -1.08. The zero-order chi connectivity index (χ0) is 13.8. The number of aryl methyl sites for hydroxylation is 1. The number of carbonyl (C=O) groups is 1. The molecule has 0 aliphatic carbocycles. The SMILES string of the molecule is Cc1ccccc1C(C#N)C(=O)c1ccccc1Cl. The summed E-state index contributed by atoms with van der Waals surface area (Å²) in [5.41, 5.74) is 2.04. The number of nitriles is 1. The van der Waals surface area contributed by atoms with Crippen LogP contribution in [0.15, 0.2) is 48.5 Å². The van der Waals surface area contributed by atoms with Crippen LogP contribution in [0.4, 0.5) is 0 Å². The molecule has 0 radical (unpaired) electrons. The molecular formula is C16H12ClNO. The van der Waals surface area contributed by atoms with Crippen molar-refractivity contribution in [1.29, 1.82) is 5.26 Å². The average molecular weight is 270 g/mol. The third kappa shape index (κ3) is 2.67. The molecule has 2 nitrogen and oxygen atoms in total. The first-order valence-electron chi connectivity index (χ1n) is 5.89. The molecule has 19 heavy (non-hydrogen) atoms.